The number of carbonyl (C=O) groups is 4. The Kier molecular flexibility index (Phi) is 46.8. The van der Waals surface area contributed by atoms with Crippen molar-refractivity contribution < 1.29 is 112 Å². The fourth-order valence-electron chi connectivity index (χ4n) is 14.9. The molecule has 1 aliphatic rings. The Morgan fingerprint density at radius 3 is 0.617 bits per heavy atom. The molecule has 120 heavy (non-hydrogen) atoms. The quantitative estimate of drug-likeness (QED) is 0.0236. The summed E-state index contributed by atoms with van der Waals surface area (Å²) in [5.41, 5.74) is 7.02. The van der Waals surface area contributed by atoms with Crippen LogP contribution in [0, 0.1) is 27.7 Å². The molecule has 1 heterocycles. The van der Waals surface area contributed by atoms with E-state index in [1.54, 1.807) is 55.4 Å². The van der Waals surface area contributed by atoms with Crippen LogP contribution >= 0.6 is 30.4 Å². The van der Waals surface area contributed by atoms with Gasteiger partial charge in [-0.25, -0.2) is 0 Å². The predicted molar refractivity (Wildman–Crippen MR) is 470 cm³/mol. The number of ether oxygens (including phenoxy) is 8. The van der Waals surface area contributed by atoms with Gasteiger partial charge in [0.15, 0.2) is 0 Å². The molecule has 4 aromatic carbocycles. The molecule has 0 radical (unpaired) electrons. The smallest absolute Gasteiger partial charge is 0.340 e. The lowest BCUT2D eigenvalue weighted by Gasteiger charge is -2.28. The Morgan fingerprint density at radius 2 is 0.458 bits per heavy atom. The third-order valence-corrected chi connectivity index (χ3v) is 28.6. The molecule has 8 bridgehead atoms. The van der Waals surface area contributed by atoms with Crippen LogP contribution < -0.4 is 59.2 Å². The van der Waals surface area contributed by atoms with Crippen molar-refractivity contribution in [1.29, 1.82) is 0 Å². The molecule has 680 valence electrons. The molecule has 0 spiro atoms. The van der Waals surface area contributed by atoms with Gasteiger partial charge in [-0.05, 0) is 201 Å². The largest absolute Gasteiger partial charge is 0.457 e. The van der Waals surface area contributed by atoms with E-state index >= 15 is 0 Å². The van der Waals surface area contributed by atoms with Crippen LogP contribution in [0.2, 0.25) is 0 Å². The second-order valence-corrected chi connectivity index (χ2v) is 38.6. The summed E-state index contributed by atoms with van der Waals surface area (Å²) in [6.07, 6.45) is 11.6. The minimum absolute atomic E-state index is 0.0205. The molecule has 4 amide bonds. The van der Waals surface area contributed by atoms with Gasteiger partial charge in [0.2, 0.25) is 50.8 Å². The first-order valence-corrected chi connectivity index (χ1v) is 50.6. The molecule has 0 aliphatic carbocycles. The highest BCUT2D eigenvalue weighted by Crippen LogP contribution is 2.53. The molecule has 0 saturated carbocycles. The average Bonchev–Trinajstić information content (AvgIpc) is 0.783. The van der Waals surface area contributed by atoms with Crippen LogP contribution in [0.4, 0.5) is 0 Å². The van der Waals surface area contributed by atoms with E-state index in [0.29, 0.717) is 67.5 Å². The van der Waals surface area contributed by atoms with E-state index in [2.05, 4.69) is 76.7 Å². The SMILES string of the molecule is CCCCCC(C)c1cc(C)c2c(CNC(=O)CP(=O)(OCC)OCC)c1OCOc1c(C)cc(C(C)CCCCC)c(c1CNC(=O)CP(=O)(OCC)OCC)OCOc1c(C)cc(C(C)CCCCC)c(c1CNC(=O)CP(=O)(OCC)OCC)OCOc1c(C)cc(C(C)CCCCC)c(c1CNC(=O)CP(=O)(OCC)OCC)OCO2. The number of fused-ring (bicyclic) bond motifs is 8. The van der Waals surface area contributed by atoms with Crippen molar-refractivity contribution in [3.05, 3.63) is 91.0 Å². The molecule has 28 nitrogen and oxygen atoms in total. The number of benzene rings is 4. The highest BCUT2D eigenvalue weighted by Gasteiger charge is 2.36. The normalized spacial score (nSPS) is 14.0. The maximum absolute atomic E-state index is 14.4. The molecular weight excluding hydrogens is 1620 g/mol. The number of nitrogens with one attached hydrogen (secondary N) is 4. The van der Waals surface area contributed by atoms with Crippen molar-refractivity contribution in [2.75, 3.05) is 105 Å². The van der Waals surface area contributed by atoms with Gasteiger partial charge >= 0.3 is 30.4 Å². The first-order valence-electron chi connectivity index (χ1n) is 43.7. The van der Waals surface area contributed by atoms with Crippen molar-refractivity contribution in [2.24, 2.45) is 0 Å². The van der Waals surface area contributed by atoms with Crippen molar-refractivity contribution >= 4 is 54.0 Å². The molecule has 4 atom stereocenters. The second-order valence-electron chi connectivity index (χ2n) is 30.4. The van der Waals surface area contributed by atoms with E-state index in [0.717, 1.165) is 125 Å². The van der Waals surface area contributed by atoms with Gasteiger partial charge in [-0.15, -0.1) is 0 Å². The summed E-state index contributed by atoms with van der Waals surface area (Å²) in [6, 6.07) is 7.97. The van der Waals surface area contributed by atoms with Gasteiger partial charge in [-0.2, -0.15) is 0 Å². The number of unbranched alkanes of at least 4 members (excludes halogenated alkanes) is 8. The molecule has 5 rings (SSSR count). The summed E-state index contributed by atoms with van der Waals surface area (Å²) in [5, 5.41) is 12.0. The zero-order valence-electron chi connectivity index (χ0n) is 75.7. The van der Waals surface area contributed by atoms with E-state index < -0.39 is 106 Å². The third-order valence-electron chi connectivity index (χ3n) is 20.7. The van der Waals surface area contributed by atoms with Gasteiger partial charge in [-0.1, -0.05) is 132 Å². The zero-order chi connectivity index (χ0) is 88.6. The van der Waals surface area contributed by atoms with Crippen LogP contribution in [0.5, 0.6) is 46.0 Å². The lowest BCUT2D eigenvalue weighted by atomic mass is 9.90. The minimum Gasteiger partial charge on any atom is -0.457 e. The van der Waals surface area contributed by atoms with E-state index in [-0.39, 0.29) is 126 Å². The summed E-state index contributed by atoms with van der Waals surface area (Å²) in [6.45, 7) is 35.0. The molecule has 4 aromatic rings. The van der Waals surface area contributed by atoms with Gasteiger partial charge < -0.3 is 95.4 Å². The molecule has 4 N–H and O–H groups in total. The van der Waals surface area contributed by atoms with E-state index in [9.17, 15) is 37.4 Å². The van der Waals surface area contributed by atoms with Crippen LogP contribution in [0.3, 0.4) is 0 Å². The Bertz CT molecular complexity index is 3540. The van der Waals surface area contributed by atoms with Crippen LogP contribution in [-0.2, 0) is 99.8 Å². The maximum atomic E-state index is 14.4. The third kappa shape index (κ3) is 32.4. The topological polar surface area (TPSA) is 332 Å². The average molecular weight is 1770 g/mol. The summed E-state index contributed by atoms with van der Waals surface area (Å²) in [5.74, 6) is -1.08. The zero-order valence-corrected chi connectivity index (χ0v) is 79.2. The van der Waals surface area contributed by atoms with Crippen molar-refractivity contribution in [1.82, 2.24) is 21.3 Å². The van der Waals surface area contributed by atoms with Crippen LogP contribution in [-0.4, -0.2) is 128 Å². The van der Waals surface area contributed by atoms with E-state index in [1.165, 1.54) is 0 Å². The fourth-order valence-corrected chi connectivity index (χ4v) is 20.9. The molecule has 4 unspecified atom stereocenters. The van der Waals surface area contributed by atoms with Gasteiger partial charge in [0.05, 0.1) is 101 Å². The maximum Gasteiger partial charge on any atom is 0.340 e. The van der Waals surface area contributed by atoms with Gasteiger partial charge in [0, 0.05) is 0 Å². The van der Waals surface area contributed by atoms with E-state index in [4.69, 9.17) is 74.1 Å². The summed E-state index contributed by atoms with van der Waals surface area (Å²) in [7, 11) is -15.8. The minimum atomic E-state index is -3.94. The number of aryl methyl sites for hydroxylation is 4. The van der Waals surface area contributed by atoms with Crippen molar-refractivity contribution in [3.63, 3.8) is 0 Å². The highest BCUT2D eigenvalue weighted by molar-refractivity contribution is 7.55. The van der Waals surface area contributed by atoms with Crippen LogP contribution in [0.15, 0.2) is 24.3 Å². The standard InChI is InChI=1S/C88H144N4O24P4/c1-21-33-37-41-61(13)69-45-65(17)81-73(49-89-77(93)53-117(97,109-25-5)110-26-6)85(69)105-57-101-82-66(18)46-70(62(14)42-38-34-22-2)86(74(82)50-90-78(94)54-118(98,111-27-7)112-28-8)107-59-103-84-68(20)48-72(64(16)44-40-36-24-4)88(76(84)52-92-80(96)56-120(100,115-31-11)116-32-12)108-60-104-83-67(19)47-71(63(15)43-39-35-23-3)87(106-58-102-81)75(83)51-91-79(95)55-119(99,113-29-9)114-30-10/h45-48,61-64H,21-44,49-60H2,1-20H3,(H,89,93)(H,90,94)(H,91,95)(H,92,96). The van der Waals surface area contributed by atoms with Crippen LogP contribution in [0.1, 0.15) is 304 Å². The Hall–Kier alpha value is -6.24. The number of hydrogen-bond donors (Lipinski definition) is 4. The van der Waals surface area contributed by atoms with Gasteiger partial charge in [0.25, 0.3) is 0 Å². The summed E-state index contributed by atoms with van der Waals surface area (Å²) in [4.78, 5) is 57.8. The Morgan fingerprint density at radius 1 is 0.292 bits per heavy atom. The molecule has 0 fully saturated rings. The molecule has 1 aliphatic heterocycles. The predicted octanol–water partition coefficient (Wildman–Crippen LogP) is 21.2. The first kappa shape index (κ1) is 104. The Labute approximate surface area is 715 Å². The van der Waals surface area contributed by atoms with E-state index in [1.807, 2.05) is 52.0 Å². The first-order chi connectivity index (χ1) is 57.4. The van der Waals surface area contributed by atoms with Gasteiger partial charge in [0.1, 0.15) is 70.6 Å². The van der Waals surface area contributed by atoms with Crippen molar-refractivity contribution in [2.45, 2.75) is 291 Å². The highest BCUT2D eigenvalue weighted by atomic mass is 31.2. The monoisotopic (exact) mass is 1760 g/mol. The lowest BCUT2D eigenvalue weighted by Crippen LogP contribution is -2.29. The summed E-state index contributed by atoms with van der Waals surface area (Å²) < 4.78 is 158. The van der Waals surface area contributed by atoms with Crippen LogP contribution in [0.25, 0.3) is 0 Å². The molecule has 0 saturated heterocycles. The molecular formula is C88H144N4O24P4. The number of carbonyl (C=O) groups excluding carboxylic acids is 4. The summed E-state index contributed by atoms with van der Waals surface area (Å²) >= 11 is 0. The Balaban J connectivity index is 2.02. The number of rotatable bonds is 52. The fraction of sp³-hybridized carbons (Fsp3) is 0.682. The molecule has 0 aromatic heterocycles. The molecule has 32 heteroatoms. The number of hydrogen-bond acceptors (Lipinski definition) is 24. The van der Waals surface area contributed by atoms with Crippen molar-refractivity contribution in [3.8, 4) is 46.0 Å². The lowest BCUT2D eigenvalue weighted by molar-refractivity contribution is -0.120. The van der Waals surface area contributed by atoms with Gasteiger partial charge in [-0.3, -0.25) is 37.4 Å². The number of amides is 4. The second kappa shape index (κ2) is 53.8.